The minimum absolute atomic E-state index is 0.0610. The zero-order valence-corrected chi connectivity index (χ0v) is 9.84. The van der Waals surface area contributed by atoms with Crippen molar-refractivity contribution in [1.29, 1.82) is 0 Å². The van der Waals surface area contributed by atoms with Crippen molar-refractivity contribution in [3.05, 3.63) is 23.7 Å². The number of ether oxygens (including phenoxy) is 1. The topological polar surface area (TPSA) is 60.2 Å². The normalized spacial score (nSPS) is 24.6. The molecule has 0 saturated carbocycles. The van der Waals surface area contributed by atoms with Crippen LogP contribution in [-0.2, 0) is 4.74 Å². The first kappa shape index (κ1) is 11.0. The van der Waals surface area contributed by atoms with Crippen LogP contribution in [0, 0.1) is 0 Å². The van der Waals surface area contributed by atoms with Crippen LogP contribution in [0.4, 0.5) is 0 Å². The van der Waals surface area contributed by atoms with Crippen molar-refractivity contribution in [2.45, 2.75) is 25.2 Å². The summed E-state index contributed by atoms with van der Waals surface area (Å²) in [6.45, 7) is 0.0610. The van der Waals surface area contributed by atoms with Crippen LogP contribution in [0.3, 0.4) is 0 Å². The maximum atomic E-state index is 9.06. The van der Waals surface area contributed by atoms with Gasteiger partial charge in [-0.05, 0) is 18.9 Å². The summed E-state index contributed by atoms with van der Waals surface area (Å²) in [6, 6.07) is 1.88. The second-order valence-electron chi connectivity index (χ2n) is 4.10. The Bertz CT molecular complexity index is 542. The van der Waals surface area contributed by atoms with Crippen LogP contribution >= 0.6 is 11.6 Å². The predicted molar refractivity (Wildman–Crippen MR) is 62.8 cm³/mol. The summed E-state index contributed by atoms with van der Waals surface area (Å²) in [7, 11) is 0. The van der Waals surface area contributed by atoms with Crippen molar-refractivity contribution >= 4 is 22.6 Å². The lowest BCUT2D eigenvalue weighted by molar-refractivity contribution is -0.0204. The van der Waals surface area contributed by atoms with Crippen LogP contribution in [-0.4, -0.2) is 32.4 Å². The molecule has 2 aromatic rings. The standard InChI is InChI=1S/C11H12ClN3O2/c12-10-8-3-4-15(11(8)14-6-13-10)9-2-1-7(5-16)17-9/h3-4,6-7,9,16H,1-2,5H2/t7-,9-/m0/s1. The van der Waals surface area contributed by atoms with E-state index < -0.39 is 0 Å². The summed E-state index contributed by atoms with van der Waals surface area (Å²) in [5, 5.41) is 10.3. The molecule has 0 bridgehead atoms. The fourth-order valence-corrected chi connectivity index (χ4v) is 2.39. The number of rotatable bonds is 2. The van der Waals surface area contributed by atoms with E-state index in [0.29, 0.717) is 5.15 Å². The molecule has 0 spiro atoms. The molecule has 3 heterocycles. The zero-order valence-electron chi connectivity index (χ0n) is 9.08. The van der Waals surface area contributed by atoms with Crippen molar-refractivity contribution in [3.63, 3.8) is 0 Å². The second-order valence-corrected chi connectivity index (χ2v) is 4.46. The summed E-state index contributed by atoms with van der Waals surface area (Å²) in [4.78, 5) is 8.16. The number of nitrogens with zero attached hydrogens (tertiary/aromatic N) is 3. The second kappa shape index (κ2) is 4.25. The third-order valence-electron chi connectivity index (χ3n) is 3.06. The summed E-state index contributed by atoms with van der Waals surface area (Å²) in [5.41, 5.74) is 0.772. The number of hydrogen-bond donors (Lipinski definition) is 1. The molecule has 17 heavy (non-hydrogen) atoms. The number of halogens is 1. The Morgan fingerprint density at radius 1 is 1.47 bits per heavy atom. The third kappa shape index (κ3) is 1.80. The van der Waals surface area contributed by atoms with Gasteiger partial charge in [-0.2, -0.15) is 0 Å². The van der Waals surface area contributed by atoms with Gasteiger partial charge < -0.3 is 14.4 Å². The van der Waals surface area contributed by atoms with Crippen molar-refractivity contribution < 1.29 is 9.84 Å². The first-order valence-electron chi connectivity index (χ1n) is 5.53. The van der Waals surface area contributed by atoms with E-state index >= 15 is 0 Å². The molecule has 3 rings (SSSR count). The molecule has 5 nitrogen and oxygen atoms in total. The first-order valence-corrected chi connectivity index (χ1v) is 5.90. The van der Waals surface area contributed by atoms with E-state index in [1.165, 1.54) is 6.33 Å². The Morgan fingerprint density at radius 3 is 3.12 bits per heavy atom. The van der Waals surface area contributed by atoms with Crippen LogP contribution in [0.15, 0.2) is 18.6 Å². The molecule has 2 aromatic heterocycles. The van der Waals surface area contributed by atoms with Crippen molar-refractivity contribution in [2.75, 3.05) is 6.61 Å². The van der Waals surface area contributed by atoms with Gasteiger partial charge in [0, 0.05) is 6.20 Å². The summed E-state index contributed by atoms with van der Waals surface area (Å²) < 4.78 is 7.66. The van der Waals surface area contributed by atoms with Gasteiger partial charge >= 0.3 is 0 Å². The van der Waals surface area contributed by atoms with E-state index in [-0.39, 0.29) is 18.9 Å². The van der Waals surface area contributed by atoms with E-state index in [4.69, 9.17) is 21.4 Å². The highest BCUT2D eigenvalue weighted by Gasteiger charge is 2.27. The SMILES string of the molecule is OC[C@@H]1CC[C@@H](n2ccc3c(Cl)ncnc32)O1. The molecule has 0 aromatic carbocycles. The van der Waals surface area contributed by atoms with Crippen LogP contribution in [0.25, 0.3) is 11.0 Å². The van der Waals surface area contributed by atoms with Gasteiger partial charge in [0.2, 0.25) is 0 Å². The van der Waals surface area contributed by atoms with Gasteiger partial charge in [0.25, 0.3) is 0 Å². The Labute approximate surface area is 103 Å². The highest BCUT2D eigenvalue weighted by Crippen LogP contribution is 2.31. The summed E-state index contributed by atoms with van der Waals surface area (Å²) >= 11 is 5.99. The quantitative estimate of drug-likeness (QED) is 0.829. The van der Waals surface area contributed by atoms with Gasteiger partial charge in [-0.25, -0.2) is 9.97 Å². The van der Waals surface area contributed by atoms with Crippen molar-refractivity contribution in [2.24, 2.45) is 0 Å². The molecular weight excluding hydrogens is 242 g/mol. The molecule has 0 unspecified atom stereocenters. The highest BCUT2D eigenvalue weighted by molar-refractivity contribution is 6.33. The Morgan fingerprint density at radius 2 is 2.35 bits per heavy atom. The monoisotopic (exact) mass is 253 g/mol. The zero-order chi connectivity index (χ0) is 11.8. The molecule has 1 aliphatic heterocycles. The Hall–Kier alpha value is -1.17. The summed E-state index contributed by atoms with van der Waals surface area (Å²) in [5.74, 6) is 0. The molecule has 6 heteroatoms. The molecule has 0 amide bonds. The lowest BCUT2D eigenvalue weighted by Crippen LogP contribution is -2.14. The largest absolute Gasteiger partial charge is 0.394 e. The fraction of sp³-hybridized carbons (Fsp3) is 0.455. The molecule has 1 fully saturated rings. The molecule has 2 atom stereocenters. The maximum Gasteiger partial charge on any atom is 0.146 e. The number of fused-ring (bicyclic) bond motifs is 1. The van der Waals surface area contributed by atoms with Gasteiger partial charge in [0.15, 0.2) is 0 Å². The predicted octanol–water partition coefficient (Wildman–Crippen LogP) is 1.75. The van der Waals surface area contributed by atoms with E-state index in [1.54, 1.807) is 0 Å². The van der Waals surface area contributed by atoms with E-state index in [2.05, 4.69) is 9.97 Å². The van der Waals surface area contributed by atoms with E-state index in [9.17, 15) is 0 Å². The van der Waals surface area contributed by atoms with Crippen molar-refractivity contribution in [1.82, 2.24) is 14.5 Å². The van der Waals surface area contributed by atoms with Crippen molar-refractivity contribution in [3.8, 4) is 0 Å². The molecule has 0 radical (unpaired) electrons. The molecule has 90 valence electrons. The average molecular weight is 254 g/mol. The number of hydrogen-bond acceptors (Lipinski definition) is 4. The van der Waals surface area contributed by atoms with E-state index in [0.717, 1.165) is 23.9 Å². The minimum atomic E-state index is -0.0743. The Balaban J connectivity index is 1.99. The minimum Gasteiger partial charge on any atom is -0.394 e. The number of aliphatic hydroxyl groups is 1. The van der Waals surface area contributed by atoms with Gasteiger partial charge in [-0.1, -0.05) is 11.6 Å². The third-order valence-corrected chi connectivity index (χ3v) is 3.36. The molecule has 1 N–H and O–H groups in total. The molecular formula is C11H12ClN3O2. The average Bonchev–Trinajstić information content (AvgIpc) is 2.94. The number of aliphatic hydroxyl groups excluding tert-OH is 1. The van der Waals surface area contributed by atoms with Crippen LogP contribution < -0.4 is 0 Å². The van der Waals surface area contributed by atoms with E-state index in [1.807, 2.05) is 16.8 Å². The lowest BCUT2D eigenvalue weighted by Gasteiger charge is -2.14. The Kier molecular flexibility index (Phi) is 2.74. The smallest absolute Gasteiger partial charge is 0.146 e. The van der Waals surface area contributed by atoms with Crippen LogP contribution in [0.5, 0.6) is 0 Å². The van der Waals surface area contributed by atoms with Gasteiger partial charge in [0.1, 0.15) is 23.4 Å². The fourth-order valence-electron chi connectivity index (χ4n) is 2.20. The van der Waals surface area contributed by atoms with Gasteiger partial charge in [-0.3, -0.25) is 0 Å². The maximum absolute atomic E-state index is 9.06. The molecule has 0 aliphatic carbocycles. The van der Waals surface area contributed by atoms with Crippen LogP contribution in [0.1, 0.15) is 19.1 Å². The molecule has 1 saturated heterocycles. The molecule has 1 aliphatic rings. The highest BCUT2D eigenvalue weighted by atomic mass is 35.5. The first-order chi connectivity index (χ1) is 8.29. The number of aromatic nitrogens is 3. The van der Waals surface area contributed by atoms with Crippen LogP contribution in [0.2, 0.25) is 5.15 Å². The van der Waals surface area contributed by atoms with Gasteiger partial charge in [-0.15, -0.1) is 0 Å². The van der Waals surface area contributed by atoms with Gasteiger partial charge in [0.05, 0.1) is 18.1 Å². The lowest BCUT2D eigenvalue weighted by atomic mass is 10.2. The summed E-state index contributed by atoms with van der Waals surface area (Å²) in [6.07, 6.45) is 4.93.